The lowest BCUT2D eigenvalue weighted by molar-refractivity contribution is 0.177. The minimum Gasteiger partial charge on any atom is -0.383 e. The highest BCUT2D eigenvalue weighted by atomic mass is 32.1. The smallest absolute Gasteiger partial charge is 0.113 e. The predicted octanol–water partition coefficient (Wildman–Crippen LogP) is 2.37. The molecule has 3 rings (SSSR count). The molecular formula is C15H22N4OS. The lowest BCUT2D eigenvalue weighted by Gasteiger charge is -2.32. The molecule has 114 valence electrons. The first-order valence-electron chi connectivity index (χ1n) is 7.47. The van der Waals surface area contributed by atoms with Gasteiger partial charge in [0.1, 0.15) is 10.8 Å². The van der Waals surface area contributed by atoms with E-state index in [1.807, 2.05) is 17.8 Å². The predicted molar refractivity (Wildman–Crippen MR) is 83.5 cm³/mol. The fraction of sp³-hybridized carbons (Fsp3) is 0.600. The summed E-state index contributed by atoms with van der Waals surface area (Å²) in [6.45, 7) is 4.82. The molecule has 21 heavy (non-hydrogen) atoms. The van der Waals surface area contributed by atoms with Gasteiger partial charge in [-0.1, -0.05) is 0 Å². The highest BCUT2D eigenvalue weighted by Crippen LogP contribution is 2.27. The molecular weight excluding hydrogens is 284 g/mol. The molecule has 5 nitrogen and oxygen atoms in total. The van der Waals surface area contributed by atoms with Crippen LogP contribution in [0.4, 0.5) is 0 Å². The van der Waals surface area contributed by atoms with Gasteiger partial charge < -0.3 is 9.30 Å². The number of imidazole rings is 1. The van der Waals surface area contributed by atoms with Crippen LogP contribution in [0.3, 0.4) is 0 Å². The largest absolute Gasteiger partial charge is 0.383 e. The molecule has 0 spiro atoms. The van der Waals surface area contributed by atoms with Crippen molar-refractivity contribution in [1.29, 1.82) is 0 Å². The van der Waals surface area contributed by atoms with Crippen molar-refractivity contribution in [1.82, 2.24) is 19.4 Å². The number of thiazole rings is 1. The summed E-state index contributed by atoms with van der Waals surface area (Å²) in [7, 11) is 1.74. The average molecular weight is 306 g/mol. The summed E-state index contributed by atoms with van der Waals surface area (Å²) in [6.07, 6.45) is 8.31. The molecule has 0 aromatic carbocycles. The molecule has 1 saturated heterocycles. The van der Waals surface area contributed by atoms with Crippen molar-refractivity contribution in [2.45, 2.75) is 31.8 Å². The highest BCUT2D eigenvalue weighted by molar-refractivity contribution is 7.09. The fourth-order valence-corrected chi connectivity index (χ4v) is 3.65. The van der Waals surface area contributed by atoms with Gasteiger partial charge in [-0.3, -0.25) is 4.90 Å². The molecule has 3 heterocycles. The molecule has 0 unspecified atom stereocenters. The lowest BCUT2D eigenvalue weighted by atomic mass is 9.97. The van der Waals surface area contributed by atoms with Gasteiger partial charge in [0.05, 0.1) is 13.2 Å². The van der Waals surface area contributed by atoms with Gasteiger partial charge in [0, 0.05) is 50.1 Å². The van der Waals surface area contributed by atoms with Gasteiger partial charge in [0.2, 0.25) is 0 Å². The first-order valence-corrected chi connectivity index (χ1v) is 8.35. The third-order valence-corrected chi connectivity index (χ3v) is 4.76. The van der Waals surface area contributed by atoms with Crippen LogP contribution in [-0.2, 0) is 17.8 Å². The topological polar surface area (TPSA) is 43.2 Å². The number of likely N-dealkylation sites (tertiary alicyclic amines) is 1. The van der Waals surface area contributed by atoms with Crippen molar-refractivity contribution in [3.05, 3.63) is 34.8 Å². The van der Waals surface area contributed by atoms with E-state index in [9.17, 15) is 0 Å². The first kappa shape index (κ1) is 14.7. The standard InChI is InChI=1S/C15H22N4OS/c1-20-9-8-19-7-4-17-15(19)13-3-2-6-18(11-13)12-14-16-5-10-21-14/h4-5,7,10,13H,2-3,6,8-9,11-12H2,1H3/t13-/m0/s1. The number of ether oxygens (including phenoxy) is 1. The number of aromatic nitrogens is 3. The second-order valence-corrected chi connectivity index (χ2v) is 6.45. The van der Waals surface area contributed by atoms with Crippen molar-refractivity contribution >= 4 is 11.3 Å². The SMILES string of the molecule is COCCn1ccnc1[C@H]1CCCN(Cc2nccs2)C1. The number of piperidine rings is 1. The molecule has 0 saturated carbocycles. The van der Waals surface area contributed by atoms with E-state index in [0.717, 1.165) is 32.8 Å². The Kier molecular flexibility index (Phi) is 5.00. The molecule has 0 aliphatic carbocycles. The van der Waals surface area contributed by atoms with Crippen LogP contribution >= 0.6 is 11.3 Å². The van der Waals surface area contributed by atoms with E-state index < -0.39 is 0 Å². The van der Waals surface area contributed by atoms with Crippen molar-refractivity contribution in [3.63, 3.8) is 0 Å². The third kappa shape index (κ3) is 3.70. The van der Waals surface area contributed by atoms with Crippen molar-refractivity contribution in [2.24, 2.45) is 0 Å². The summed E-state index contributed by atoms with van der Waals surface area (Å²) < 4.78 is 7.42. The summed E-state index contributed by atoms with van der Waals surface area (Å²) in [5.41, 5.74) is 0. The quantitative estimate of drug-likeness (QED) is 0.822. The van der Waals surface area contributed by atoms with Crippen LogP contribution < -0.4 is 0 Å². The Morgan fingerprint density at radius 2 is 2.33 bits per heavy atom. The first-order chi connectivity index (χ1) is 10.4. The Bertz CT molecular complexity index is 540. The third-order valence-electron chi connectivity index (χ3n) is 4.00. The number of rotatable bonds is 6. The van der Waals surface area contributed by atoms with Crippen LogP contribution in [-0.4, -0.2) is 46.2 Å². The number of hydrogen-bond donors (Lipinski definition) is 0. The summed E-state index contributed by atoms with van der Waals surface area (Å²) >= 11 is 1.74. The number of hydrogen-bond acceptors (Lipinski definition) is 5. The van der Waals surface area contributed by atoms with E-state index in [0.29, 0.717) is 5.92 Å². The van der Waals surface area contributed by atoms with Gasteiger partial charge in [-0.25, -0.2) is 9.97 Å². The van der Waals surface area contributed by atoms with E-state index in [-0.39, 0.29) is 0 Å². The zero-order chi connectivity index (χ0) is 14.5. The summed E-state index contributed by atoms with van der Waals surface area (Å²) in [5, 5.41) is 3.26. The van der Waals surface area contributed by atoms with Crippen molar-refractivity contribution in [3.8, 4) is 0 Å². The maximum atomic E-state index is 5.18. The molecule has 2 aromatic rings. The van der Waals surface area contributed by atoms with Crippen LogP contribution in [0.25, 0.3) is 0 Å². The zero-order valence-corrected chi connectivity index (χ0v) is 13.3. The molecule has 0 amide bonds. The fourth-order valence-electron chi connectivity index (χ4n) is 2.99. The second-order valence-electron chi connectivity index (χ2n) is 5.47. The number of nitrogens with zero attached hydrogens (tertiary/aromatic N) is 4. The number of methoxy groups -OCH3 is 1. The maximum Gasteiger partial charge on any atom is 0.113 e. The molecule has 1 aliphatic heterocycles. The van der Waals surface area contributed by atoms with Crippen molar-refractivity contribution < 1.29 is 4.74 Å². The summed E-state index contributed by atoms with van der Waals surface area (Å²) in [5.74, 6) is 1.72. The molecule has 1 aliphatic rings. The summed E-state index contributed by atoms with van der Waals surface area (Å²) in [6, 6.07) is 0. The Labute approximate surface area is 129 Å². The van der Waals surface area contributed by atoms with E-state index in [2.05, 4.69) is 25.6 Å². The van der Waals surface area contributed by atoms with Crippen molar-refractivity contribution in [2.75, 3.05) is 26.8 Å². The maximum absolute atomic E-state index is 5.18. The highest BCUT2D eigenvalue weighted by Gasteiger charge is 2.24. The van der Waals surface area contributed by atoms with Crippen LogP contribution in [0, 0.1) is 0 Å². The Hall–Kier alpha value is -1.24. The Morgan fingerprint density at radius 3 is 3.14 bits per heavy atom. The Morgan fingerprint density at radius 1 is 1.38 bits per heavy atom. The Balaban J connectivity index is 1.64. The second kappa shape index (κ2) is 7.15. The molecule has 6 heteroatoms. The zero-order valence-electron chi connectivity index (χ0n) is 12.4. The monoisotopic (exact) mass is 306 g/mol. The lowest BCUT2D eigenvalue weighted by Crippen LogP contribution is -2.35. The van der Waals surface area contributed by atoms with Gasteiger partial charge in [0.15, 0.2) is 0 Å². The van der Waals surface area contributed by atoms with Gasteiger partial charge in [-0.2, -0.15) is 0 Å². The molecule has 1 fully saturated rings. The van der Waals surface area contributed by atoms with E-state index in [1.165, 1.54) is 23.7 Å². The minimum absolute atomic E-state index is 0.519. The van der Waals surface area contributed by atoms with Gasteiger partial charge in [0.25, 0.3) is 0 Å². The van der Waals surface area contributed by atoms with E-state index >= 15 is 0 Å². The average Bonchev–Trinajstić information content (AvgIpc) is 3.16. The van der Waals surface area contributed by atoms with Gasteiger partial charge in [-0.15, -0.1) is 11.3 Å². The van der Waals surface area contributed by atoms with E-state index in [4.69, 9.17) is 4.74 Å². The van der Waals surface area contributed by atoms with Gasteiger partial charge >= 0.3 is 0 Å². The van der Waals surface area contributed by atoms with Crippen LogP contribution in [0.1, 0.15) is 29.6 Å². The normalized spacial score (nSPS) is 20.0. The molecule has 0 N–H and O–H groups in total. The molecule has 0 radical (unpaired) electrons. The van der Waals surface area contributed by atoms with Crippen LogP contribution in [0.2, 0.25) is 0 Å². The van der Waals surface area contributed by atoms with Gasteiger partial charge in [-0.05, 0) is 19.4 Å². The molecule has 0 bridgehead atoms. The molecule has 1 atom stereocenters. The van der Waals surface area contributed by atoms with Crippen LogP contribution in [0.5, 0.6) is 0 Å². The van der Waals surface area contributed by atoms with E-state index in [1.54, 1.807) is 18.4 Å². The minimum atomic E-state index is 0.519. The summed E-state index contributed by atoms with van der Waals surface area (Å²) in [4.78, 5) is 11.5. The van der Waals surface area contributed by atoms with Crippen LogP contribution in [0.15, 0.2) is 24.0 Å². The molecule has 2 aromatic heterocycles.